The summed E-state index contributed by atoms with van der Waals surface area (Å²) >= 11 is 0. The van der Waals surface area contributed by atoms with Gasteiger partial charge >= 0.3 is 0 Å². The quantitative estimate of drug-likeness (QED) is 0.476. The lowest BCUT2D eigenvalue weighted by atomic mass is 10.2. The molecular formula is C5H10N2O. The molecule has 0 amide bonds. The average molecular weight is 114 g/mol. The van der Waals surface area contributed by atoms with Crippen molar-refractivity contribution in [3.8, 4) is 0 Å². The molecule has 3 heteroatoms. The number of aliphatic imine (C=N–C) groups is 1. The van der Waals surface area contributed by atoms with Crippen LogP contribution in [0.4, 0.5) is 0 Å². The maximum atomic E-state index is 8.58. The molecule has 1 aliphatic rings. The molecule has 1 rings (SSSR count). The molecule has 8 heavy (non-hydrogen) atoms. The molecule has 2 atom stereocenters. The van der Waals surface area contributed by atoms with Gasteiger partial charge in [-0.25, -0.2) is 0 Å². The molecule has 0 fully saturated rings. The van der Waals surface area contributed by atoms with E-state index in [4.69, 9.17) is 5.11 Å². The van der Waals surface area contributed by atoms with Crippen molar-refractivity contribution in [3.63, 3.8) is 0 Å². The molecular weight excluding hydrogens is 104 g/mol. The van der Waals surface area contributed by atoms with Crippen molar-refractivity contribution in [2.75, 3.05) is 6.61 Å². The van der Waals surface area contributed by atoms with Gasteiger partial charge in [-0.3, -0.25) is 4.99 Å². The van der Waals surface area contributed by atoms with E-state index in [0.29, 0.717) is 6.04 Å². The summed E-state index contributed by atoms with van der Waals surface area (Å²) in [6.07, 6.45) is 1.64. The molecule has 0 spiro atoms. The SMILES string of the molecule is C[C@@H]1NC=N[C@H]1CO. The van der Waals surface area contributed by atoms with Crippen molar-refractivity contribution in [1.29, 1.82) is 0 Å². The van der Waals surface area contributed by atoms with Gasteiger partial charge in [-0.1, -0.05) is 0 Å². The normalized spacial score (nSPS) is 35.2. The Bertz CT molecular complexity index is 103. The van der Waals surface area contributed by atoms with Gasteiger partial charge in [0.1, 0.15) is 0 Å². The van der Waals surface area contributed by atoms with Crippen molar-refractivity contribution in [2.45, 2.75) is 19.0 Å². The minimum atomic E-state index is 0.0787. The minimum absolute atomic E-state index is 0.0787. The van der Waals surface area contributed by atoms with Crippen LogP contribution < -0.4 is 5.32 Å². The van der Waals surface area contributed by atoms with Gasteiger partial charge in [0.05, 0.1) is 19.0 Å². The fraction of sp³-hybridized carbons (Fsp3) is 0.800. The monoisotopic (exact) mass is 114 g/mol. The predicted octanol–water partition coefficient (Wildman–Crippen LogP) is -0.633. The third-order valence-corrected chi connectivity index (χ3v) is 1.37. The molecule has 2 N–H and O–H groups in total. The standard InChI is InChI=1S/C5H10N2O/c1-4-5(2-8)7-3-6-4/h3-5,8H,2H2,1H3,(H,6,7)/t4-,5-/m0/s1. The fourth-order valence-electron chi connectivity index (χ4n) is 0.702. The molecule has 1 aliphatic heterocycles. The Kier molecular flexibility index (Phi) is 1.48. The first-order valence-electron chi connectivity index (χ1n) is 2.73. The Morgan fingerprint density at radius 1 is 1.88 bits per heavy atom. The largest absolute Gasteiger partial charge is 0.394 e. The smallest absolute Gasteiger partial charge is 0.0945 e. The first-order valence-corrected chi connectivity index (χ1v) is 2.73. The van der Waals surface area contributed by atoms with Gasteiger partial charge in [-0.05, 0) is 6.92 Å². The average Bonchev–Trinajstić information content (AvgIpc) is 2.14. The summed E-state index contributed by atoms with van der Waals surface area (Å²) in [7, 11) is 0. The van der Waals surface area contributed by atoms with E-state index in [0.717, 1.165) is 0 Å². The number of nitrogens with zero attached hydrogens (tertiary/aromatic N) is 1. The van der Waals surface area contributed by atoms with Crippen molar-refractivity contribution in [3.05, 3.63) is 0 Å². The Labute approximate surface area is 48.4 Å². The molecule has 0 saturated heterocycles. The van der Waals surface area contributed by atoms with Crippen molar-refractivity contribution >= 4 is 6.34 Å². The molecule has 0 unspecified atom stereocenters. The lowest BCUT2D eigenvalue weighted by Crippen LogP contribution is -2.30. The van der Waals surface area contributed by atoms with Gasteiger partial charge < -0.3 is 10.4 Å². The zero-order chi connectivity index (χ0) is 5.98. The Balaban J connectivity index is 2.41. The van der Waals surface area contributed by atoms with E-state index in [2.05, 4.69) is 10.3 Å². The highest BCUT2D eigenvalue weighted by Crippen LogP contribution is 2.00. The van der Waals surface area contributed by atoms with Gasteiger partial charge in [0.2, 0.25) is 0 Å². The van der Waals surface area contributed by atoms with E-state index in [1.165, 1.54) is 0 Å². The molecule has 0 aromatic heterocycles. The lowest BCUT2D eigenvalue weighted by molar-refractivity contribution is 0.256. The summed E-state index contributed by atoms with van der Waals surface area (Å²) in [5.41, 5.74) is 0. The second kappa shape index (κ2) is 2.13. The molecule has 0 bridgehead atoms. The Morgan fingerprint density at radius 3 is 2.88 bits per heavy atom. The predicted molar refractivity (Wildman–Crippen MR) is 32.0 cm³/mol. The molecule has 3 nitrogen and oxygen atoms in total. The maximum absolute atomic E-state index is 8.58. The minimum Gasteiger partial charge on any atom is -0.394 e. The lowest BCUT2D eigenvalue weighted by Gasteiger charge is -2.08. The summed E-state index contributed by atoms with van der Waals surface area (Å²) in [6, 6.07) is 0.384. The number of aliphatic hydroxyl groups is 1. The van der Waals surface area contributed by atoms with Crippen LogP contribution in [0.3, 0.4) is 0 Å². The van der Waals surface area contributed by atoms with Gasteiger partial charge in [-0.15, -0.1) is 0 Å². The van der Waals surface area contributed by atoms with Crippen molar-refractivity contribution in [2.24, 2.45) is 4.99 Å². The molecule has 0 radical (unpaired) electrons. The first kappa shape index (κ1) is 5.56. The summed E-state index contributed by atoms with van der Waals surface area (Å²) < 4.78 is 0. The number of rotatable bonds is 1. The van der Waals surface area contributed by atoms with Crippen LogP contribution in [0.25, 0.3) is 0 Å². The van der Waals surface area contributed by atoms with E-state index in [1.54, 1.807) is 6.34 Å². The summed E-state index contributed by atoms with van der Waals surface area (Å²) in [4.78, 5) is 3.95. The topological polar surface area (TPSA) is 44.6 Å². The fourth-order valence-corrected chi connectivity index (χ4v) is 0.702. The molecule has 0 aromatic carbocycles. The van der Waals surface area contributed by atoms with Crippen LogP contribution in [-0.2, 0) is 0 Å². The van der Waals surface area contributed by atoms with Gasteiger partial charge in [0.25, 0.3) is 0 Å². The van der Waals surface area contributed by atoms with Crippen LogP contribution >= 0.6 is 0 Å². The van der Waals surface area contributed by atoms with Gasteiger partial charge in [0, 0.05) is 6.04 Å². The van der Waals surface area contributed by atoms with Gasteiger partial charge in [0.15, 0.2) is 0 Å². The summed E-state index contributed by atoms with van der Waals surface area (Å²) in [6.45, 7) is 2.14. The third kappa shape index (κ3) is 0.816. The van der Waals surface area contributed by atoms with Crippen molar-refractivity contribution in [1.82, 2.24) is 5.32 Å². The van der Waals surface area contributed by atoms with Crippen LogP contribution in [0, 0.1) is 0 Å². The van der Waals surface area contributed by atoms with Crippen LogP contribution in [0.5, 0.6) is 0 Å². The molecule has 0 saturated carbocycles. The van der Waals surface area contributed by atoms with E-state index in [1.807, 2.05) is 6.92 Å². The van der Waals surface area contributed by atoms with Crippen LogP contribution in [0.15, 0.2) is 4.99 Å². The number of nitrogens with one attached hydrogen (secondary N) is 1. The molecule has 0 aliphatic carbocycles. The van der Waals surface area contributed by atoms with E-state index in [-0.39, 0.29) is 12.6 Å². The van der Waals surface area contributed by atoms with E-state index in [9.17, 15) is 0 Å². The highest BCUT2D eigenvalue weighted by molar-refractivity contribution is 5.58. The Morgan fingerprint density at radius 2 is 2.62 bits per heavy atom. The summed E-state index contributed by atoms with van der Waals surface area (Å²) in [5, 5.41) is 11.6. The summed E-state index contributed by atoms with van der Waals surface area (Å²) in [5.74, 6) is 0. The number of hydrogen-bond acceptors (Lipinski definition) is 3. The van der Waals surface area contributed by atoms with Crippen molar-refractivity contribution < 1.29 is 5.11 Å². The molecule has 0 aromatic rings. The maximum Gasteiger partial charge on any atom is 0.0945 e. The highest BCUT2D eigenvalue weighted by atomic mass is 16.3. The highest BCUT2D eigenvalue weighted by Gasteiger charge is 2.16. The van der Waals surface area contributed by atoms with Gasteiger partial charge in [-0.2, -0.15) is 0 Å². The van der Waals surface area contributed by atoms with Crippen LogP contribution in [-0.4, -0.2) is 30.1 Å². The number of hydrogen-bond donors (Lipinski definition) is 2. The molecule has 46 valence electrons. The second-order valence-electron chi connectivity index (χ2n) is 1.98. The van der Waals surface area contributed by atoms with E-state index < -0.39 is 0 Å². The second-order valence-corrected chi connectivity index (χ2v) is 1.98. The zero-order valence-electron chi connectivity index (χ0n) is 4.83. The zero-order valence-corrected chi connectivity index (χ0v) is 4.83. The van der Waals surface area contributed by atoms with Crippen LogP contribution in [0.1, 0.15) is 6.92 Å². The molecule has 1 heterocycles. The van der Waals surface area contributed by atoms with Crippen LogP contribution in [0.2, 0.25) is 0 Å². The first-order chi connectivity index (χ1) is 3.84. The third-order valence-electron chi connectivity index (χ3n) is 1.37. The number of aliphatic hydroxyl groups excluding tert-OH is 1. The Hall–Kier alpha value is -0.570. The van der Waals surface area contributed by atoms with E-state index >= 15 is 0 Å².